The Labute approximate surface area is 81.8 Å². The van der Waals surface area contributed by atoms with E-state index < -0.39 is 8.56 Å². The third kappa shape index (κ3) is 3.36. The summed E-state index contributed by atoms with van der Waals surface area (Å²) in [6.45, 7) is 4.72. The maximum Gasteiger partial charge on any atom is 0.351 e. The molecule has 80 valence electrons. The van der Waals surface area contributed by atoms with Crippen molar-refractivity contribution < 1.29 is 8.85 Å². The summed E-state index contributed by atoms with van der Waals surface area (Å²) in [6.07, 6.45) is 0.913. The molecule has 0 radical (unpaired) electrons. The van der Waals surface area contributed by atoms with Crippen molar-refractivity contribution in [2.45, 2.75) is 25.6 Å². The summed E-state index contributed by atoms with van der Waals surface area (Å²) in [5.74, 6) is 0.349. The lowest BCUT2D eigenvalue weighted by Gasteiger charge is -2.32. The highest BCUT2D eigenvalue weighted by atomic mass is 28.4. The van der Waals surface area contributed by atoms with Crippen LogP contribution >= 0.6 is 0 Å². The Bertz CT molecular complexity index is 142. The molecule has 2 unspecified atom stereocenters. The van der Waals surface area contributed by atoms with Crippen LogP contribution in [0.2, 0.25) is 6.55 Å². The van der Waals surface area contributed by atoms with Gasteiger partial charge in [0, 0.05) is 14.2 Å². The third-order valence-corrected chi connectivity index (χ3v) is 6.05. The largest absolute Gasteiger partial charge is 0.397 e. The fourth-order valence-corrected chi connectivity index (χ4v) is 3.23. The summed E-state index contributed by atoms with van der Waals surface area (Å²) < 4.78 is 10.7. The molecule has 0 aliphatic rings. The number of hydrogen-bond acceptors (Lipinski definition) is 4. The van der Waals surface area contributed by atoms with Gasteiger partial charge >= 0.3 is 8.56 Å². The molecule has 0 saturated carbocycles. The molecule has 5 heteroatoms. The quantitative estimate of drug-likeness (QED) is 0.609. The van der Waals surface area contributed by atoms with Crippen molar-refractivity contribution in [1.29, 1.82) is 0 Å². The fourth-order valence-electron chi connectivity index (χ4n) is 1.31. The van der Waals surface area contributed by atoms with Crippen molar-refractivity contribution in [1.82, 2.24) is 0 Å². The lowest BCUT2D eigenvalue weighted by molar-refractivity contribution is 0.224. The van der Waals surface area contributed by atoms with E-state index in [2.05, 4.69) is 6.92 Å². The highest BCUT2D eigenvalue weighted by Crippen LogP contribution is 2.17. The molecule has 0 fully saturated rings. The van der Waals surface area contributed by atoms with Crippen LogP contribution in [0.3, 0.4) is 0 Å². The average Bonchev–Trinajstić information content (AvgIpc) is 2.16. The Morgan fingerprint density at radius 1 is 1.31 bits per heavy atom. The first kappa shape index (κ1) is 13.1. The molecule has 0 rings (SSSR count). The highest BCUT2D eigenvalue weighted by Gasteiger charge is 2.39. The molecule has 0 aliphatic heterocycles. The van der Waals surface area contributed by atoms with E-state index in [0.29, 0.717) is 12.5 Å². The first-order valence-corrected chi connectivity index (χ1v) is 6.97. The molecule has 0 saturated heterocycles. The van der Waals surface area contributed by atoms with Crippen molar-refractivity contribution in [2.75, 3.05) is 20.8 Å². The molecule has 0 spiro atoms. The van der Waals surface area contributed by atoms with Crippen LogP contribution in [-0.4, -0.2) is 35.0 Å². The smallest absolute Gasteiger partial charge is 0.351 e. The number of nitrogens with two attached hydrogens (primary N) is 2. The molecule has 0 amide bonds. The lowest BCUT2D eigenvalue weighted by Crippen LogP contribution is -2.57. The number of hydrogen-bond donors (Lipinski definition) is 2. The van der Waals surface area contributed by atoms with Gasteiger partial charge in [0.15, 0.2) is 0 Å². The van der Waals surface area contributed by atoms with Crippen LogP contribution in [0.4, 0.5) is 0 Å². The molecule has 4 N–H and O–H groups in total. The maximum absolute atomic E-state index is 6.06. The van der Waals surface area contributed by atoms with E-state index >= 15 is 0 Å². The minimum Gasteiger partial charge on any atom is -0.397 e. The first-order chi connectivity index (χ1) is 6.01. The van der Waals surface area contributed by atoms with Crippen molar-refractivity contribution in [3.05, 3.63) is 0 Å². The van der Waals surface area contributed by atoms with Gasteiger partial charge in [0.05, 0.1) is 5.67 Å². The summed E-state index contributed by atoms with van der Waals surface area (Å²) in [5.41, 5.74) is 11.5. The predicted octanol–water partition coefficient (Wildman–Crippen LogP) is 0.203. The van der Waals surface area contributed by atoms with Crippen LogP contribution in [-0.2, 0) is 8.85 Å². The Morgan fingerprint density at radius 3 is 2.08 bits per heavy atom. The second-order valence-corrected chi connectivity index (χ2v) is 7.02. The maximum atomic E-state index is 6.06. The second-order valence-electron chi connectivity index (χ2n) is 3.50. The molecule has 4 nitrogen and oxygen atoms in total. The Morgan fingerprint density at radius 2 is 1.77 bits per heavy atom. The van der Waals surface area contributed by atoms with E-state index in [4.69, 9.17) is 20.3 Å². The molecular weight excluding hydrogens is 184 g/mol. The molecule has 0 aromatic rings. The fraction of sp³-hybridized carbons (Fsp3) is 1.00. The van der Waals surface area contributed by atoms with Crippen LogP contribution < -0.4 is 11.5 Å². The van der Waals surface area contributed by atoms with Crippen molar-refractivity contribution in [2.24, 2.45) is 17.4 Å². The zero-order chi connectivity index (χ0) is 10.5. The molecule has 13 heavy (non-hydrogen) atoms. The summed E-state index contributed by atoms with van der Waals surface area (Å²) >= 11 is 0. The highest BCUT2D eigenvalue weighted by molar-refractivity contribution is 6.67. The van der Waals surface area contributed by atoms with Crippen LogP contribution in [0.15, 0.2) is 0 Å². The van der Waals surface area contributed by atoms with Gasteiger partial charge in [-0.15, -0.1) is 0 Å². The van der Waals surface area contributed by atoms with E-state index in [9.17, 15) is 0 Å². The van der Waals surface area contributed by atoms with Gasteiger partial charge in [-0.1, -0.05) is 6.92 Å². The van der Waals surface area contributed by atoms with Gasteiger partial charge < -0.3 is 20.3 Å². The van der Waals surface area contributed by atoms with Gasteiger partial charge in [-0.3, -0.25) is 0 Å². The molecule has 0 bridgehead atoms. The molecule has 0 aliphatic carbocycles. The van der Waals surface area contributed by atoms with Crippen LogP contribution in [0.25, 0.3) is 0 Å². The zero-order valence-electron chi connectivity index (χ0n) is 9.04. The Kier molecular flexibility index (Phi) is 5.74. The van der Waals surface area contributed by atoms with Crippen molar-refractivity contribution in [3.8, 4) is 0 Å². The molecule has 0 heterocycles. The second kappa shape index (κ2) is 5.72. The number of rotatable bonds is 6. The van der Waals surface area contributed by atoms with Crippen LogP contribution in [0, 0.1) is 5.92 Å². The van der Waals surface area contributed by atoms with Gasteiger partial charge in [-0.05, 0) is 25.4 Å². The topological polar surface area (TPSA) is 70.5 Å². The zero-order valence-corrected chi connectivity index (χ0v) is 10.0. The van der Waals surface area contributed by atoms with Gasteiger partial charge in [-0.2, -0.15) is 0 Å². The summed E-state index contributed by atoms with van der Waals surface area (Å²) in [5, 5.41) is 0. The average molecular weight is 206 g/mol. The lowest BCUT2D eigenvalue weighted by atomic mass is 10.1. The van der Waals surface area contributed by atoms with E-state index in [-0.39, 0.29) is 5.67 Å². The van der Waals surface area contributed by atoms with E-state index in [1.807, 2.05) is 6.55 Å². The van der Waals surface area contributed by atoms with E-state index in [1.54, 1.807) is 14.2 Å². The van der Waals surface area contributed by atoms with Gasteiger partial charge in [0.25, 0.3) is 0 Å². The van der Waals surface area contributed by atoms with E-state index in [1.165, 1.54) is 0 Å². The first-order valence-electron chi connectivity index (χ1n) is 4.57. The molecule has 0 aromatic heterocycles. The van der Waals surface area contributed by atoms with Gasteiger partial charge in [-0.25, -0.2) is 0 Å². The van der Waals surface area contributed by atoms with Gasteiger partial charge in [0.2, 0.25) is 0 Å². The van der Waals surface area contributed by atoms with E-state index in [0.717, 1.165) is 6.42 Å². The van der Waals surface area contributed by atoms with Crippen LogP contribution in [0.1, 0.15) is 13.3 Å². The van der Waals surface area contributed by atoms with Crippen molar-refractivity contribution in [3.63, 3.8) is 0 Å². The molecule has 0 aromatic carbocycles. The molecular formula is C8H22N2O2Si. The van der Waals surface area contributed by atoms with Crippen molar-refractivity contribution >= 4 is 8.56 Å². The minimum absolute atomic E-state index is 0.0222. The predicted molar refractivity (Wildman–Crippen MR) is 56.4 cm³/mol. The normalized spacial score (nSPS) is 17.1. The Balaban J connectivity index is 4.27. The summed E-state index contributed by atoms with van der Waals surface area (Å²) in [7, 11) is 1.14. The standard InChI is InChI=1S/C8H22N2O2Si/c1-7(5-6-9)8(10)13(4,11-2)12-3/h7-8H,5-6,9-10H2,1-4H3. The molecule has 2 atom stereocenters. The SMILES string of the molecule is CO[Si](C)(OC)C(N)C(C)CCN. The monoisotopic (exact) mass is 206 g/mol. The van der Waals surface area contributed by atoms with Crippen LogP contribution in [0.5, 0.6) is 0 Å². The minimum atomic E-state index is -2.18. The summed E-state index contributed by atoms with van der Waals surface area (Å²) in [6, 6.07) is 0. The summed E-state index contributed by atoms with van der Waals surface area (Å²) in [4.78, 5) is 0. The third-order valence-electron chi connectivity index (χ3n) is 2.65. The Hall–Kier alpha value is 0.0569. The van der Waals surface area contributed by atoms with Gasteiger partial charge in [0.1, 0.15) is 0 Å².